The van der Waals surface area contributed by atoms with Gasteiger partial charge in [-0.3, -0.25) is 4.72 Å². The Morgan fingerprint density at radius 1 is 1.25 bits per heavy atom. The fourth-order valence-electron chi connectivity index (χ4n) is 1.65. The van der Waals surface area contributed by atoms with Crippen molar-refractivity contribution >= 4 is 43.2 Å². The molecule has 0 bridgehead atoms. The molecular formula is C13H20BrClN2O2S. The molecule has 0 amide bonds. The zero-order chi connectivity index (χ0) is 15.0. The molecule has 7 heteroatoms. The van der Waals surface area contributed by atoms with Crippen molar-refractivity contribution in [2.24, 2.45) is 0 Å². The highest BCUT2D eigenvalue weighted by Crippen LogP contribution is 2.30. The number of hydrogen-bond acceptors (Lipinski definition) is 3. The van der Waals surface area contributed by atoms with Crippen LogP contribution < -0.4 is 10.0 Å². The number of benzene rings is 1. The van der Waals surface area contributed by atoms with Gasteiger partial charge in [-0.15, -0.1) is 0 Å². The molecule has 1 aromatic rings. The minimum Gasteiger partial charge on any atom is -0.317 e. The lowest BCUT2D eigenvalue weighted by atomic mass is 10.3. The quantitative estimate of drug-likeness (QED) is 0.640. The van der Waals surface area contributed by atoms with Crippen LogP contribution in [0.2, 0.25) is 5.02 Å². The Morgan fingerprint density at radius 3 is 2.70 bits per heavy atom. The normalized spacial score (nSPS) is 11.6. The predicted molar refractivity (Wildman–Crippen MR) is 89.0 cm³/mol. The number of hydrogen-bond donors (Lipinski definition) is 2. The molecule has 0 saturated carbocycles. The van der Waals surface area contributed by atoms with Gasteiger partial charge in [0.25, 0.3) is 0 Å². The van der Waals surface area contributed by atoms with Crippen LogP contribution >= 0.6 is 27.5 Å². The van der Waals surface area contributed by atoms with E-state index in [9.17, 15) is 8.42 Å². The van der Waals surface area contributed by atoms with Gasteiger partial charge >= 0.3 is 0 Å². The highest BCUT2D eigenvalue weighted by molar-refractivity contribution is 9.10. The van der Waals surface area contributed by atoms with E-state index in [4.69, 9.17) is 11.6 Å². The van der Waals surface area contributed by atoms with E-state index in [2.05, 4.69) is 32.9 Å². The molecule has 0 aromatic heterocycles. The Balaban J connectivity index is 2.43. The van der Waals surface area contributed by atoms with E-state index in [0.717, 1.165) is 25.9 Å². The van der Waals surface area contributed by atoms with Gasteiger partial charge in [-0.2, -0.15) is 0 Å². The van der Waals surface area contributed by atoms with Crippen LogP contribution in [0.25, 0.3) is 0 Å². The van der Waals surface area contributed by atoms with Crippen molar-refractivity contribution in [3.63, 3.8) is 0 Å². The van der Waals surface area contributed by atoms with Gasteiger partial charge in [0.1, 0.15) is 0 Å². The van der Waals surface area contributed by atoms with Gasteiger partial charge in [0.2, 0.25) is 10.0 Å². The highest BCUT2D eigenvalue weighted by atomic mass is 79.9. The van der Waals surface area contributed by atoms with Gasteiger partial charge in [-0.05, 0) is 60.4 Å². The standard InChI is InChI=1S/C13H20BrClN2O2S/c1-2-8-16-9-3-4-10-20(18,19)17-12-7-5-6-11(15)13(12)14/h5-7,16-17H,2-4,8-10H2,1H3. The monoisotopic (exact) mass is 382 g/mol. The molecule has 2 N–H and O–H groups in total. The van der Waals surface area contributed by atoms with E-state index < -0.39 is 10.0 Å². The van der Waals surface area contributed by atoms with E-state index in [0.29, 0.717) is 21.6 Å². The molecule has 0 aliphatic rings. The molecule has 1 rings (SSSR count). The Morgan fingerprint density at radius 2 is 2.00 bits per heavy atom. The summed E-state index contributed by atoms with van der Waals surface area (Å²) in [5.41, 5.74) is 0.474. The molecule has 114 valence electrons. The summed E-state index contributed by atoms with van der Waals surface area (Å²) in [7, 11) is -3.33. The molecule has 0 saturated heterocycles. The lowest BCUT2D eigenvalue weighted by Gasteiger charge is -2.10. The first-order valence-corrected chi connectivity index (χ1v) is 9.44. The maximum atomic E-state index is 12.0. The van der Waals surface area contributed by atoms with Crippen LogP contribution in [0.5, 0.6) is 0 Å². The third-order valence-corrected chi connectivity index (χ3v) is 5.42. The minimum atomic E-state index is -3.33. The van der Waals surface area contributed by atoms with Crippen LogP contribution in [0, 0.1) is 0 Å². The summed E-state index contributed by atoms with van der Waals surface area (Å²) in [4.78, 5) is 0. The molecule has 0 aliphatic heterocycles. The molecule has 0 radical (unpaired) electrons. The summed E-state index contributed by atoms with van der Waals surface area (Å²) in [6, 6.07) is 5.08. The molecular weight excluding hydrogens is 364 g/mol. The average molecular weight is 384 g/mol. The smallest absolute Gasteiger partial charge is 0.232 e. The molecule has 0 atom stereocenters. The number of rotatable bonds is 9. The van der Waals surface area contributed by atoms with Crippen molar-refractivity contribution in [1.29, 1.82) is 0 Å². The van der Waals surface area contributed by atoms with Crippen LogP contribution in [0.3, 0.4) is 0 Å². The van der Waals surface area contributed by atoms with E-state index in [1.807, 2.05) is 0 Å². The first-order valence-electron chi connectivity index (χ1n) is 6.61. The second-order valence-electron chi connectivity index (χ2n) is 4.48. The van der Waals surface area contributed by atoms with Gasteiger partial charge < -0.3 is 5.32 Å². The fraction of sp³-hybridized carbons (Fsp3) is 0.538. The minimum absolute atomic E-state index is 0.111. The van der Waals surface area contributed by atoms with Gasteiger partial charge in [-0.25, -0.2) is 8.42 Å². The third kappa shape index (κ3) is 6.43. The largest absolute Gasteiger partial charge is 0.317 e. The van der Waals surface area contributed by atoms with Crippen molar-refractivity contribution in [2.75, 3.05) is 23.6 Å². The van der Waals surface area contributed by atoms with Crippen molar-refractivity contribution in [3.05, 3.63) is 27.7 Å². The summed E-state index contributed by atoms with van der Waals surface area (Å²) >= 11 is 9.20. The molecule has 1 aromatic carbocycles. The lowest BCUT2D eigenvalue weighted by Crippen LogP contribution is -2.20. The first-order chi connectivity index (χ1) is 9.46. The Kier molecular flexibility index (Phi) is 7.87. The van der Waals surface area contributed by atoms with E-state index >= 15 is 0 Å². The van der Waals surface area contributed by atoms with Gasteiger partial charge in [0, 0.05) is 0 Å². The van der Waals surface area contributed by atoms with Crippen molar-refractivity contribution < 1.29 is 8.42 Å². The lowest BCUT2D eigenvalue weighted by molar-refractivity contribution is 0.590. The number of unbranched alkanes of at least 4 members (excludes halogenated alkanes) is 1. The summed E-state index contributed by atoms with van der Waals surface area (Å²) in [5, 5.41) is 3.73. The average Bonchev–Trinajstić information content (AvgIpc) is 2.39. The van der Waals surface area contributed by atoms with Gasteiger partial charge in [0.05, 0.1) is 20.9 Å². The Bertz CT molecular complexity index is 523. The predicted octanol–water partition coefficient (Wildman–Crippen LogP) is 3.62. The molecule has 0 unspecified atom stereocenters. The maximum Gasteiger partial charge on any atom is 0.232 e. The summed E-state index contributed by atoms with van der Waals surface area (Å²) in [6.07, 6.45) is 2.56. The van der Waals surface area contributed by atoms with Gasteiger partial charge in [0.15, 0.2) is 0 Å². The summed E-state index contributed by atoms with van der Waals surface area (Å²) in [6.45, 7) is 3.93. The number of anilines is 1. The Labute approximate surface area is 134 Å². The topological polar surface area (TPSA) is 58.2 Å². The van der Waals surface area contributed by atoms with Crippen molar-refractivity contribution in [1.82, 2.24) is 5.32 Å². The molecule has 0 heterocycles. The van der Waals surface area contributed by atoms with Crippen molar-refractivity contribution in [2.45, 2.75) is 26.2 Å². The van der Waals surface area contributed by atoms with Crippen LogP contribution in [0.15, 0.2) is 22.7 Å². The molecule has 0 aliphatic carbocycles. The second kappa shape index (κ2) is 8.87. The van der Waals surface area contributed by atoms with Crippen LogP contribution in [0.4, 0.5) is 5.69 Å². The first kappa shape index (κ1) is 17.8. The van der Waals surface area contributed by atoms with E-state index in [-0.39, 0.29) is 5.75 Å². The molecule has 0 spiro atoms. The molecule has 4 nitrogen and oxygen atoms in total. The maximum absolute atomic E-state index is 12.0. The second-order valence-corrected chi connectivity index (χ2v) is 7.52. The van der Waals surface area contributed by atoms with Crippen LogP contribution in [-0.2, 0) is 10.0 Å². The zero-order valence-electron chi connectivity index (χ0n) is 11.5. The third-order valence-electron chi connectivity index (χ3n) is 2.66. The fourth-order valence-corrected chi connectivity index (χ4v) is 3.51. The van der Waals surface area contributed by atoms with Crippen molar-refractivity contribution in [3.8, 4) is 0 Å². The van der Waals surface area contributed by atoms with Crippen LogP contribution in [-0.4, -0.2) is 27.3 Å². The Hall–Kier alpha value is -0.300. The zero-order valence-corrected chi connectivity index (χ0v) is 14.6. The molecule has 20 heavy (non-hydrogen) atoms. The molecule has 0 fully saturated rings. The highest BCUT2D eigenvalue weighted by Gasteiger charge is 2.13. The number of nitrogens with one attached hydrogen (secondary N) is 2. The number of halogens is 2. The number of sulfonamides is 1. The van der Waals surface area contributed by atoms with E-state index in [1.54, 1.807) is 18.2 Å². The SMILES string of the molecule is CCCNCCCCS(=O)(=O)Nc1cccc(Cl)c1Br. The van der Waals surface area contributed by atoms with Crippen LogP contribution in [0.1, 0.15) is 26.2 Å². The summed E-state index contributed by atoms with van der Waals surface area (Å²) < 4.78 is 27.0. The summed E-state index contributed by atoms with van der Waals surface area (Å²) in [5.74, 6) is 0.111. The van der Waals surface area contributed by atoms with Gasteiger partial charge in [-0.1, -0.05) is 24.6 Å². The van der Waals surface area contributed by atoms with E-state index in [1.165, 1.54) is 0 Å².